The van der Waals surface area contributed by atoms with Crippen molar-refractivity contribution in [1.29, 1.82) is 0 Å². The van der Waals surface area contributed by atoms with E-state index in [4.69, 9.17) is 4.74 Å². The molecule has 6 heteroatoms. The molecule has 0 aromatic heterocycles. The Kier molecular flexibility index (Phi) is 8.44. The lowest BCUT2D eigenvalue weighted by atomic mass is 10.0. The predicted molar refractivity (Wildman–Crippen MR) is 107 cm³/mol. The number of carbonyl (C=O) groups excluding carboxylic acids is 1. The minimum atomic E-state index is -0.725. The maximum absolute atomic E-state index is 11.7. The first-order valence-electron chi connectivity index (χ1n) is 9.54. The fraction of sp³-hybridized carbons (Fsp3) is 0.409. The number of phenols is 1. The first-order chi connectivity index (χ1) is 13.4. The lowest BCUT2D eigenvalue weighted by molar-refractivity contribution is 0.0526. The molecule has 0 saturated heterocycles. The van der Waals surface area contributed by atoms with Gasteiger partial charge >= 0.3 is 5.97 Å². The van der Waals surface area contributed by atoms with Crippen molar-refractivity contribution in [2.45, 2.75) is 45.4 Å². The molecule has 0 heterocycles. The molecule has 0 saturated carbocycles. The van der Waals surface area contributed by atoms with Crippen molar-refractivity contribution in [2.24, 2.45) is 0 Å². The van der Waals surface area contributed by atoms with Crippen LogP contribution in [0.4, 0.5) is 0 Å². The summed E-state index contributed by atoms with van der Waals surface area (Å²) < 4.78 is 4.98. The van der Waals surface area contributed by atoms with Crippen molar-refractivity contribution in [1.82, 2.24) is 5.32 Å². The molecule has 152 valence electrons. The Morgan fingerprint density at radius 3 is 2.54 bits per heavy atom. The molecule has 0 fully saturated rings. The van der Waals surface area contributed by atoms with Gasteiger partial charge in [-0.1, -0.05) is 18.2 Å². The van der Waals surface area contributed by atoms with Crippen LogP contribution in [0.25, 0.3) is 0 Å². The quantitative estimate of drug-likeness (QED) is 0.468. The number of rotatable bonds is 10. The van der Waals surface area contributed by atoms with Gasteiger partial charge in [0.15, 0.2) is 0 Å². The molecule has 0 amide bonds. The lowest BCUT2D eigenvalue weighted by Crippen LogP contribution is -2.30. The van der Waals surface area contributed by atoms with Gasteiger partial charge < -0.3 is 25.4 Å². The zero-order chi connectivity index (χ0) is 20.5. The van der Waals surface area contributed by atoms with Crippen LogP contribution < -0.4 is 5.32 Å². The summed E-state index contributed by atoms with van der Waals surface area (Å²) >= 11 is 0. The van der Waals surface area contributed by atoms with Gasteiger partial charge in [0, 0.05) is 18.2 Å². The lowest BCUT2D eigenvalue weighted by Gasteiger charge is -2.18. The number of nitrogens with one attached hydrogen (secondary N) is 1. The van der Waals surface area contributed by atoms with E-state index in [1.54, 1.807) is 31.2 Å². The highest BCUT2D eigenvalue weighted by atomic mass is 16.5. The fourth-order valence-electron chi connectivity index (χ4n) is 2.88. The number of aliphatic hydroxyl groups is 2. The molecule has 0 spiro atoms. The maximum Gasteiger partial charge on any atom is 0.338 e. The third-order valence-corrected chi connectivity index (χ3v) is 4.65. The van der Waals surface area contributed by atoms with E-state index in [9.17, 15) is 20.1 Å². The highest BCUT2D eigenvalue weighted by Crippen LogP contribution is 2.22. The Morgan fingerprint density at radius 2 is 1.89 bits per heavy atom. The molecule has 2 aromatic rings. The summed E-state index contributed by atoms with van der Waals surface area (Å²) in [5, 5.41) is 32.4. The summed E-state index contributed by atoms with van der Waals surface area (Å²) in [6.07, 6.45) is 1.00. The third kappa shape index (κ3) is 6.34. The van der Waals surface area contributed by atoms with E-state index in [0.717, 1.165) is 18.4 Å². The molecule has 4 N–H and O–H groups in total. The molecular formula is C22H29NO5. The van der Waals surface area contributed by atoms with Gasteiger partial charge in [0.25, 0.3) is 0 Å². The zero-order valence-corrected chi connectivity index (χ0v) is 16.4. The summed E-state index contributed by atoms with van der Waals surface area (Å²) in [5.41, 5.74) is 2.73. The van der Waals surface area contributed by atoms with E-state index in [2.05, 4.69) is 12.2 Å². The molecule has 2 rings (SSSR count). The van der Waals surface area contributed by atoms with Gasteiger partial charge in [0.05, 0.1) is 24.9 Å². The van der Waals surface area contributed by atoms with Crippen LogP contribution in [0.15, 0.2) is 42.5 Å². The Labute approximate surface area is 165 Å². The monoisotopic (exact) mass is 387 g/mol. The summed E-state index contributed by atoms with van der Waals surface area (Å²) in [7, 11) is 0. The molecule has 0 bridgehead atoms. The second-order valence-electron chi connectivity index (χ2n) is 6.83. The highest BCUT2D eigenvalue weighted by Gasteiger charge is 2.12. The molecule has 2 atom stereocenters. The van der Waals surface area contributed by atoms with Crippen LogP contribution in [0.2, 0.25) is 0 Å². The Morgan fingerprint density at radius 1 is 1.18 bits per heavy atom. The minimum Gasteiger partial charge on any atom is -0.508 e. The summed E-state index contributed by atoms with van der Waals surface area (Å²) in [5.74, 6) is -0.287. The number of esters is 1. The second kappa shape index (κ2) is 10.8. The van der Waals surface area contributed by atoms with Gasteiger partial charge in [-0.3, -0.25) is 0 Å². The van der Waals surface area contributed by atoms with Crippen molar-refractivity contribution in [3.8, 4) is 5.75 Å². The van der Waals surface area contributed by atoms with Crippen LogP contribution in [-0.4, -0.2) is 40.5 Å². The van der Waals surface area contributed by atoms with Crippen LogP contribution in [-0.2, 0) is 17.8 Å². The second-order valence-corrected chi connectivity index (χ2v) is 6.83. The minimum absolute atomic E-state index is 0.0220. The summed E-state index contributed by atoms with van der Waals surface area (Å²) in [6, 6.07) is 12.3. The average Bonchev–Trinajstić information content (AvgIpc) is 2.71. The Balaban J connectivity index is 1.79. The molecule has 0 aliphatic carbocycles. The SMILES string of the molecule is CCOC(=O)c1ccc(CCC(C)NCC(O)c2ccc(O)c(CO)c2)cc1. The number of benzene rings is 2. The van der Waals surface area contributed by atoms with Crippen LogP contribution in [0.5, 0.6) is 5.75 Å². The number of aromatic hydroxyl groups is 1. The number of ether oxygens (including phenoxy) is 1. The first-order valence-corrected chi connectivity index (χ1v) is 9.54. The number of hydrogen-bond acceptors (Lipinski definition) is 6. The number of carbonyl (C=O) groups is 1. The van der Waals surface area contributed by atoms with Gasteiger partial charge in [-0.25, -0.2) is 4.79 Å². The fourth-order valence-corrected chi connectivity index (χ4v) is 2.88. The third-order valence-electron chi connectivity index (χ3n) is 4.65. The first kappa shape index (κ1) is 21.9. The van der Waals surface area contributed by atoms with Gasteiger partial charge in [0.1, 0.15) is 5.75 Å². The van der Waals surface area contributed by atoms with E-state index in [1.807, 2.05) is 12.1 Å². The van der Waals surface area contributed by atoms with Gasteiger partial charge in [-0.05, 0) is 62.1 Å². The van der Waals surface area contributed by atoms with Crippen molar-refractivity contribution in [3.63, 3.8) is 0 Å². The summed E-state index contributed by atoms with van der Waals surface area (Å²) in [6.45, 7) is 4.30. The molecule has 2 unspecified atom stereocenters. The average molecular weight is 387 g/mol. The van der Waals surface area contributed by atoms with Crippen molar-refractivity contribution in [2.75, 3.05) is 13.2 Å². The largest absolute Gasteiger partial charge is 0.508 e. The molecular weight excluding hydrogens is 358 g/mol. The predicted octanol–water partition coefficient (Wildman–Crippen LogP) is 2.71. The molecule has 0 aliphatic rings. The van der Waals surface area contributed by atoms with Crippen LogP contribution >= 0.6 is 0 Å². The van der Waals surface area contributed by atoms with Crippen molar-refractivity contribution < 1.29 is 24.9 Å². The van der Waals surface area contributed by atoms with E-state index < -0.39 is 6.10 Å². The van der Waals surface area contributed by atoms with Crippen molar-refractivity contribution in [3.05, 3.63) is 64.7 Å². The van der Waals surface area contributed by atoms with Crippen molar-refractivity contribution >= 4 is 5.97 Å². The number of aliphatic hydroxyl groups excluding tert-OH is 2. The molecule has 28 heavy (non-hydrogen) atoms. The normalized spacial score (nSPS) is 13.1. The molecule has 0 aliphatic heterocycles. The van der Waals surface area contributed by atoms with Gasteiger partial charge in [-0.2, -0.15) is 0 Å². The van der Waals surface area contributed by atoms with E-state index in [0.29, 0.717) is 29.8 Å². The van der Waals surface area contributed by atoms with Crippen LogP contribution in [0.3, 0.4) is 0 Å². The summed E-state index contributed by atoms with van der Waals surface area (Å²) in [4.78, 5) is 11.7. The Bertz CT molecular complexity index is 760. The maximum atomic E-state index is 11.7. The standard InChI is InChI=1S/C22H29NO5/c1-3-28-22(27)17-8-6-16(7-9-17)5-4-15(2)23-13-21(26)18-10-11-20(25)19(12-18)14-24/h6-12,15,21,23-26H,3-5,13-14H2,1-2H3. The van der Waals surface area contributed by atoms with Crippen LogP contribution in [0.1, 0.15) is 53.4 Å². The van der Waals surface area contributed by atoms with E-state index in [1.165, 1.54) is 6.07 Å². The molecule has 2 aromatic carbocycles. The molecule has 6 nitrogen and oxygen atoms in total. The Hall–Kier alpha value is -2.41. The zero-order valence-electron chi connectivity index (χ0n) is 16.4. The smallest absolute Gasteiger partial charge is 0.338 e. The van der Waals surface area contributed by atoms with E-state index in [-0.39, 0.29) is 24.4 Å². The van der Waals surface area contributed by atoms with Gasteiger partial charge in [0.2, 0.25) is 0 Å². The topological polar surface area (TPSA) is 99.0 Å². The number of hydrogen-bond donors (Lipinski definition) is 4. The highest BCUT2D eigenvalue weighted by molar-refractivity contribution is 5.89. The number of aryl methyl sites for hydroxylation is 1. The molecule has 0 radical (unpaired) electrons. The van der Waals surface area contributed by atoms with Crippen LogP contribution in [0, 0.1) is 0 Å². The van der Waals surface area contributed by atoms with E-state index >= 15 is 0 Å². The van der Waals surface area contributed by atoms with Gasteiger partial charge in [-0.15, -0.1) is 0 Å².